The number of allylic oxidation sites excluding steroid dienone is 2. The van der Waals surface area contributed by atoms with Crippen molar-refractivity contribution in [3.8, 4) is 0 Å². The second kappa shape index (κ2) is 5.59. The molecule has 15 heavy (non-hydrogen) atoms. The van der Waals surface area contributed by atoms with Crippen LogP contribution in [0.3, 0.4) is 0 Å². The van der Waals surface area contributed by atoms with E-state index in [0.717, 1.165) is 11.1 Å². The Balaban J connectivity index is 2.61. The van der Waals surface area contributed by atoms with Gasteiger partial charge < -0.3 is 5.73 Å². The predicted molar refractivity (Wildman–Crippen MR) is 61.3 cm³/mol. The average molecular weight is 203 g/mol. The van der Waals surface area contributed by atoms with E-state index in [-0.39, 0.29) is 0 Å². The van der Waals surface area contributed by atoms with Gasteiger partial charge in [0.1, 0.15) is 0 Å². The molecule has 1 aromatic carbocycles. The molecule has 0 aliphatic heterocycles. The van der Waals surface area contributed by atoms with Gasteiger partial charge in [0.2, 0.25) is 0 Å². The zero-order chi connectivity index (χ0) is 11.1. The Labute approximate surface area is 88.5 Å². The topological polar surface area (TPSA) is 67.5 Å². The van der Waals surface area contributed by atoms with Crippen molar-refractivity contribution in [3.63, 3.8) is 0 Å². The summed E-state index contributed by atoms with van der Waals surface area (Å²) in [5.41, 5.74) is 9.13. The molecule has 0 heterocycles. The van der Waals surface area contributed by atoms with Gasteiger partial charge in [-0.1, -0.05) is 30.3 Å². The van der Waals surface area contributed by atoms with Crippen LogP contribution in [-0.2, 0) is 0 Å². The number of nitrogens with one attached hydrogen (secondary N) is 1. The molecular formula is C11H13N3O. The van der Waals surface area contributed by atoms with Crippen LogP contribution < -0.4 is 11.2 Å². The molecule has 1 aromatic rings. The Kier molecular flexibility index (Phi) is 4.09. The summed E-state index contributed by atoms with van der Waals surface area (Å²) in [4.78, 5) is 10.3. The number of amides is 2. The van der Waals surface area contributed by atoms with Crippen molar-refractivity contribution >= 4 is 17.8 Å². The van der Waals surface area contributed by atoms with E-state index in [1.54, 1.807) is 6.08 Å². The quantitative estimate of drug-likeness (QED) is 0.570. The molecule has 0 radical (unpaired) electrons. The number of benzene rings is 1. The lowest BCUT2D eigenvalue weighted by molar-refractivity contribution is 0.249. The molecule has 0 fully saturated rings. The molecule has 3 N–H and O–H groups in total. The van der Waals surface area contributed by atoms with E-state index >= 15 is 0 Å². The first-order valence-electron chi connectivity index (χ1n) is 4.51. The van der Waals surface area contributed by atoms with Crippen LogP contribution in [0.25, 0.3) is 5.57 Å². The molecule has 0 saturated carbocycles. The number of urea groups is 1. The first-order valence-corrected chi connectivity index (χ1v) is 4.51. The van der Waals surface area contributed by atoms with E-state index in [0.29, 0.717) is 0 Å². The highest BCUT2D eigenvalue weighted by atomic mass is 16.2. The Bertz CT molecular complexity index is 382. The Hall–Kier alpha value is -2.10. The third-order valence-electron chi connectivity index (χ3n) is 1.80. The number of carbonyl (C=O) groups excluding carboxylic acids is 1. The van der Waals surface area contributed by atoms with Crippen molar-refractivity contribution < 1.29 is 4.79 Å². The number of primary amides is 1. The summed E-state index contributed by atoms with van der Waals surface area (Å²) in [7, 11) is 0. The van der Waals surface area contributed by atoms with E-state index < -0.39 is 6.03 Å². The van der Waals surface area contributed by atoms with E-state index in [1.807, 2.05) is 37.3 Å². The molecule has 4 nitrogen and oxygen atoms in total. The molecule has 0 aromatic heterocycles. The van der Waals surface area contributed by atoms with Crippen molar-refractivity contribution in [1.82, 2.24) is 5.43 Å². The van der Waals surface area contributed by atoms with E-state index in [9.17, 15) is 4.79 Å². The lowest BCUT2D eigenvalue weighted by atomic mass is 10.1. The van der Waals surface area contributed by atoms with Gasteiger partial charge in [-0.15, -0.1) is 0 Å². The minimum absolute atomic E-state index is 0.669. The lowest BCUT2D eigenvalue weighted by Crippen LogP contribution is -2.24. The summed E-state index contributed by atoms with van der Waals surface area (Å²) in [6.45, 7) is 1.96. The van der Waals surface area contributed by atoms with Crippen LogP contribution in [0.4, 0.5) is 4.79 Å². The molecule has 0 saturated heterocycles. The second-order valence-electron chi connectivity index (χ2n) is 2.97. The zero-order valence-electron chi connectivity index (χ0n) is 8.47. The third kappa shape index (κ3) is 4.08. The summed E-state index contributed by atoms with van der Waals surface area (Å²) in [6, 6.07) is 9.22. The molecule has 1 rings (SSSR count). The minimum Gasteiger partial charge on any atom is -0.350 e. The summed E-state index contributed by atoms with van der Waals surface area (Å²) in [6.07, 6.45) is 3.29. The van der Waals surface area contributed by atoms with Gasteiger partial charge in [-0.25, -0.2) is 10.2 Å². The van der Waals surface area contributed by atoms with Crippen LogP contribution >= 0.6 is 0 Å². The minimum atomic E-state index is -0.669. The summed E-state index contributed by atoms with van der Waals surface area (Å²) in [5.74, 6) is 0. The first-order chi connectivity index (χ1) is 7.20. The van der Waals surface area contributed by atoms with Crippen molar-refractivity contribution in [2.75, 3.05) is 0 Å². The number of rotatable bonds is 3. The van der Waals surface area contributed by atoms with Gasteiger partial charge in [-0.2, -0.15) is 5.10 Å². The predicted octanol–water partition coefficient (Wildman–Crippen LogP) is 1.74. The van der Waals surface area contributed by atoms with Crippen LogP contribution in [0.5, 0.6) is 0 Å². The maximum absolute atomic E-state index is 10.3. The van der Waals surface area contributed by atoms with Crippen LogP contribution in [0.2, 0.25) is 0 Å². The molecule has 0 unspecified atom stereocenters. The second-order valence-corrected chi connectivity index (χ2v) is 2.97. The van der Waals surface area contributed by atoms with Crippen molar-refractivity contribution in [3.05, 3.63) is 42.0 Å². The fourth-order valence-corrected chi connectivity index (χ4v) is 1.05. The van der Waals surface area contributed by atoms with Crippen molar-refractivity contribution in [1.29, 1.82) is 0 Å². The van der Waals surface area contributed by atoms with E-state index in [4.69, 9.17) is 5.73 Å². The van der Waals surface area contributed by atoms with Crippen molar-refractivity contribution in [2.24, 2.45) is 10.8 Å². The molecule has 0 bridgehead atoms. The SMILES string of the molecule is C/C(=C/C=N/NC(N)=O)c1ccccc1. The third-order valence-corrected chi connectivity index (χ3v) is 1.80. The maximum Gasteiger partial charge on any atom is 0.332 e. The van der Waals surface area contributed by atoms with Gasteiger partial charge in [-0.05, 0) is 24.1 Å². The molecule has 0 atom stereocenters. The fourth-order valence-electron chi connectivity index (χ4n) is 1.05. The zero-order valence-corrected chi connectivity index (χ0v) is 8.47. The number of hydrogen-bond acceptors (Lipinski definition) is 2. The molecule has 2 amide bonds. The standard InChI is InChI=1S/C11H13N3O/c1-9(7-8-13-14-11(12)15)10-5-3-2-4-6-10/h2-8H,1H3,(H3,12,14,15)/b9-7-,13-8+. The lowest BCUT2D eigenvalue weighted by Gasteiger charge is -1.98. The highest BCUT2D eigenvalue weighted by molar-refractivity contribution is 5.84. The van der Waals surface area contributed by atoms with Crippen molar-refractivity contribution in [2.45, 2.75) is 6.92 Å². The van der Waals surface area contributed by atoms with Gasteiger partial charge >= 0.3 is 6.03 Å². The summed E-state index contributed by atoms with van der Waals surface area (Å²) >= 11 is 0. The summed E-state index contributed by atoms with van der Waals surface area (Å²) in [5, 5.41) is 3.61. The maximum atomic E-state index is 10.3. The number of nitrogens with zero attached hydrogens (tertiary/aromatic N) is 1. The largest absolute Gasteiger partial charge is 0.350 e. The molecule has 0 aliphatic rings. The molecular weight excluding hydrogens is 190 g/mol. The van der Waals surface area contributed by atoms with Crippen LogP contribution in [0.15, 0.2) is 41.5 Å². The highest BCUT2D eigenvalue weighted by Gasteiger charge is 1.91. The van der Waals surface area contributed by atoms with Crippen LogP contribution in [0, 0.1) is 0 Å². The molecule has 0 spiro atoms. The van der Waals surface area contributed by atoms with E-state index in [1.165, 1.54) is 6.21 Å². The Morgan fingerprint density at radius 3 is 2.67 bits per heavy atom. The Morgan fingerprint density at radius 2 is 2.07 bits per heavy atom. The smallest absolute Gasteiger partial charge is 0.332 e. The first kappa shape index (κ1) is 11.0. The average Bonchev–Trinajstić information content (AvgIpc) is 2.25. The summed E-state index contributed by atoms with van der Waals surface area (Å²) < 4.78 is 0. The van der Waals surface area contributed by atoms with Gasteiger partial charge in [0.15, 0.2) is 0 Å². The monoisotopic (exact) mass is 203 g/mol. The molecule has 78 valence electrons. The molecule has 4 heteroatoms. The number of hydrogen-bond donors (Lipinski definition) is 2. The van der Waals surface area contributed by atoms with Crippen LogP contribution in [-0.4, -0.2) is 12.2 Å². The normalized spacial score (nSPS) is 11.7. The Morgan fingerprint density at radius 1 is 1.40 bits per heavy atom. The van der Waals surface area contributed by atoms with Crippen LogP contribution in [0.1, 0.15) is 12.5 Å². The van der Waals surface area contributed by atoms with Gasteiger partial charge in [-0.3, -0.25) is 0 Å². The number of hydrazone groups is 1. The number of carbonyl (C=O) groups is 1. The van der Waals surface area contributed by atoms with E-state index in [2.05, 4.69) is 10.5 Å². The molecule has 0 aliphatic carbocycles. The van der Waals surface area contributed by atoms with Gasteiger partial charge in [0, 0.05) is 6.21 Å². The van der Waals surface area contributed by atoms with Gasteiger partial charge in [0.05, 0.1) is 0 Å². The fraction of sp³-hybridized carbons (Fsp3) is 0.0909. The number of nitrogens with two attached hydrogens (primary N) is 1. The van der Waals surface area contributed by atoms with Gasteiger partial charge in [0.25, 0.3) is 0 Å². The highest BCUT2D eigenvalue weighted by Crippen LogP contribution is 2.11.